The zero-order valence-electron chi connectivity index (χ0n) is 18.3. The van der Waals surface area contributed by atoms with E-state index in [0.717, 1.165) is 30.9 Å². The molecular formula is C24H28N4O3S. The first-order chi connectivity index (χ1) is 15.5. The summed E-state index contributed by atoms with van der Waals surface area (Å²) in [5.41, 5.74) is 1.77. The SMILES string of the molecule is CCN(c1ccccc1)S(=O)(=O)c1ccc(NC2CCN(c3cccc(OC)c3)C2)nc1. The van der Waals surface area contributed by atoms with Gasteiger partial charge in [0.25, 0.3) is 10.0 Å². The van der Waals surface area contributed by atoms with E-state index in [1.165, 1.54) is 10.5 Å². The number of para-hydroxylation sites is 1. The summed E-state index contributed by atoms with van der Waals surface area (Å²) in [7, 11) is -2.01. The van der Waals surface area contributed by atoms with Crippen molar-refractivity contribution in [1.82, 2.24) is 4.98 Å². The number of hydrogen-bond donors (Lipinski definition) is 1. The lowest BCUT2D eigenvalue weighted by Gasteiger charge is -2.23. The number of rotatable bonds is 8. The minimum Gasteiger partial charge on any atom is -0.497 e. The molecule has 0 radical (unpaired) electrons. The number of anilines is 3. The van der Waals surface area contributed by atoms with Crippen LogP contribution in [0.1, 0.15) is 13.3 Å². The molecule has 4 rings (SSSR count). The number of ether oxygens (including phenoxy) is 1. The second-order valence-corrected chi connectivity index (χ2v) is 9.52. The van der Waals surface area contributed by atoms with Crippen LogP contribution < -0.4 is 19.3 Å². The summed E-state index contributed by atoms with van der Waals surface area (Å²) in [5, 5.41) is 3.43. The summed E-state index contributed by atoms with van der Waals surface area (Å²) in [6.45, 7) is 3.93. The van der Waals surface area contributed by atoms with Gasteiger partial charge in [0.2, 0.25) is 0 Å². The van der Waals surface area contributed by atoms with Crippen molar-refractivity contribution >= 4 is 27.2 Å². The van der Waals surface area contributed by atoms with Crippen molar-refractivity contribution in [3.8, 4) is 5.75 Å². The Hall–Kier alpha value is -3.26. The van der Waals surface area contributed by atoms with Gasteiger partial charge in [-0.3, -0.25) is 4.31 Å². The van der Waals surface area contributed by atoms with E-state index in [1.807, 2.05) is 43.3 Å². The lowest BCUT2D eigenvalue weighted by Crippen LogP contribution is -2.31. The van der Waals surface area contributed by atoms with Gasteiger partial charge in [-0.1, -0.05) is 24.3 Å². The fourth-order valence-electron chi connectivity index (χ4n) is 3.96. The number of hydrogen-bond acceptors (Lipinski definition) is 6. The van der Waals surface area contributed by atoms with Gasteiger partial charge in [-0.05, 0) is 49.7 Å². The minimum atomic E-state index is -3.68. The molecule has 1 atom stereocenters. The van der Waals surface area contributed by atoms with E-state index in [2.05, 4.69) is 21.3 Å². The number of methoxy groups -OCH3 is 1. The molecular weight excluding hydrogens is 424 g/mol. The molecule has 3 aromatic rings. The van der Waals surface area contributed by atoms with Crippen LogP contribution in [-0.4, -0.2) is 46.2 Å². The number of nitrogens with one attached hydrogen (secondary N) is 1. The van der Waals surface area contributed by atoms with E-state index >= 15 is 0 Å². The van der Waals surface area contributed by atoms with E-state index in [9.17, 15) is 8.42 Å². The predicted octanol–water partition coefficient (Wildman–Crippen LogP) is 4.00. The quantitative estimate of drug-likeness (QED) is 0.557. The fraction of sp³-hybridized carbons (Fsp3) is 0.292. The minimum absolute atomic E-state index is 0.179. The molecule has 1 aromatic heterocycles. The summed E-state index contributed by atoms with van der Waals surface area (Å²) < 4.78 is 33.0. The molecule has 32 heavy (non-hydrogen) atoms. The fourth-order valence-corrected chi connectivity index (χ4v) is 5.38. The molecule has 1 N–H and O–H groups in total. The molecule has 1 fully saturated rings. The van der Waals surface area contributed by atoms with Gasteiger partial charge in [-0.15, -0.1) is 0 Å². The first-order valence-electron chi connectivity index (χ1n) is 10.7. The predicted molar refractivity (Wildman–Crippen MR) is 128 cm³/mol. The third-order valence-electron chi connectivity index (χ3n) is 5.61. The van der Waals surface area contributed by atoms with E-state index < -0.39 is 10.0 Å². The molecule has 0 spiro atoms. The molecule has 0 saturated carbocycles. The van der Waals surface area contributed by atoms with Crippen LogP contribution in [0.15, 0.2) is 77.8 Å². The lowest BCUT2D eigenvalue weighted by atomic mass is 10.2. The van der Waals surface area contributed by atoms with Gasteiger partial charge in [-0.2, -0.15) is 0 Å². The van der Waals surface area contributed by atoms with Crippen LogP contribution in [0.5, 0.6) is 5.75 Å². The Morgan fingerprint density at radius 1 is 1.12 bits per heavy atom. The Morgan fingerprint density at radius 3 is 2.62 bits per heavy atom. The van der Waals surface area contributed by atoms with Gasteiger partial charge in [0.1, 0.15) is 16.5 Å². The van der Waals surface area contributed by atoms with Gasteiger partial charge < -0.3 is 15.0 Å². The average Bonchev–Trinajstić information content (AvgIpc) is 3.29. The van der Waals surface area contributed by atoms with Crippen LogP contribution in [0, 0.1) is 0 Å². The number of benzene rings is 2. The molecule has 0 amide bonds. The summed E-state index contributed by atoms with van der Waals surface area (Å²) in [6, 6.07) is 20.7. The van der Waals surface area contributed by atoms with E-state index in [1.54, 1.807) is 31.4 Å². The van der Waals surface area contributed by atoms with Crippen molar-refractivity contribution in [3.63, 3.8) is 0 Å². The Balaban J connectivity index is 1.43. The molecule has 0 bridgehead atoms. The number of sulfonamides is 1. The number of pyridine rings is 1. The van der Waals surface area contributed by atoms with E-state index in [0.29, 0.717) is 18.1 Å². The average molecular weight is 453 g/mol. The third-order valence-corrected chi connectivity index (χ3v) is 7.50. The van der Waals surface area contributed by atoms with Crippen LogP contribution in [0.4, 0.5) is 17.2 Å². The summed E-state index contributed by atoms with van der Waals surface area (Å²) in [6.07, 6.45) is 2.40. The second kappa shape index (κ2) is 9.48. The lowest BCUT2D eigenvalue weighted by molar-refractivity contribution is 0.415. The maximum absolute atomic E-state index is 13.1. The van der Waals surface area contributed by atoms with Gasteiger partial charge in [0.05, 0.1) is 12.8 Å². The monoisotopic (exact) mass is 452 g/mol. The largest absolute Gasteiger partial charge is 0.497 e. The highest BCUT2D eigenvalue weighted by Gasteiger charge is 2.25. The zero-order chi connectivity index (χ0) is 22.6. The van der Waals surface area contributed by atoms with Crippen LogP contribution >= 0.6 is 0 Å². The van der Waals surface area contributed by atoms with Crippen LogP contribution in [0.25, 0.3) is 0 Å². The summed E-state index contributed by atoms with van der Waals surface area (Å²) >= 11 is 0. The smallest absolute Gasteiger partial charge is 0.265 e. The van der Waals surface area contributed by atoms with Crippen molar-refractivity contribution in [2.24, 2.45) is 0 Å². The molecule has 1 aliphatic heterocycles. The highest BCUT2D eigenvalue weighted by molar-refractivity contribution is 7.92. The molecule has 1 unspecified atom stereocenters. The topological polar surface area (TPSA) is 74.8 Å². The van der Waals surface area contributed by atoms with E-state index in [-0.39, 0.29) is 10.9 Å². The molecule has 2 heterocycles. The number of aromatic nitrogens is 1. The Bertz CT molecular complexity index is 1140. The Morgan fingerprint density at radius 2 is 1.94 bits per heavy atom. The molecule has 2 aromatic carbocycles. The zero-order valence-corrected chi connectivity index (χ0v) is 19.1. The maximum Gasteiger partial charge on any atom is 0.265 e. The molecule has 168 valence electrons. The Labute approximate surface area is 189 Å². The molecule has 8 heteroatoms. The highest BCUT2D eigenvalue weighted by Crippen LogP contribution is 2.26. The van der Waals surface area contributed by atoms with Crippen molar-refractivity contribution in [2.45, 2.75) is 24.3 Å². The third kappa shape index (κ3) is 4.65. The van der Waals surface area contributed by atoms with Gasteiger partial charge in [0.15, 0.2) is 0 Å². The second-order valence-electron chi connectivity index (χ2n) is 7.66. The van der Waals surface area contributed by atoms with E-state index in [4.69, 9.17) is 4.74 Å². The summed E-state index contributed by atoms with van der Waals surface area (Å²) in [5.74, 6) is 1.51. The van der Waals surface area contributed by atoms with Gasteiger partial charge in [-0.25, -0.2) is 13.4 Å². The highest BCUT2D eigenvalue weighted by atomic mass is 32.2. The normalized spacial score (nSPS) is 16.1. The van der Waals surface area contributed by atoms with Crippen LogP contribution in [0.2, 0.25) is 0 Å². The van der Waals surface area contributed by atoms with Crippen molar-refractivity contribution in [2.75, 3.05) is 41.3 Å². The molecule has 1 saturated heterocycles. The van der Waals surface area contributed by atoms with Gasteiger partial charge in [0, 0.05) is 43.6 Å². The molecule has 0 aliphatic carbocycles. The van der Waals surface area contributed by atoms with Gasteiger partial charge >= 0.3 is 0 Å². The van der Waals surface area contributed by atoms with Crippen molar-refractivity contribution in [1.29, 1.82) is 0 Å². The molecule has 7 nitrogen and oxygen atoms in total. The first kappa shape index (κ1) is 22.0. The molecule has 1 aliphatic rings. The van der Waals surface area contributed by atoms with Crippen molar-refractivity contribution in [3.05, 3.63) is 72.9 Å². The standard InChI is InChI=1S/C24H28N4O3S/c1-3-28(20-8-5-4-6-9-20)32(29,30)23-12-13-24(25-17-23)26-19-14-15-27(18-19)21-10-7-11-22(16-21)31-2/h4-13,16-17,19H,3,14-15,18H2,1-2H3,(H,25,26). The summed E-state index contributed by atoms with van der Waals surface area (Å²) in [4.78, 5) is 6.87. The van der Waals surface area contributed by atoms with Crippen molar-refractivity contribution < 1.29 is 13.2 Å². The Kier molecular flexibility index (Phi) is 6.50. The maximum atomic E-state index is 13.1. The van der Waals surface area contributed by atoms with Crippen LogP contribution in [0.3, 0.4) is 0 Å². The number of nitrogens with zero attached hydrogens (tertiary/aromatic N) is 3. The van der Waals surface area contributed by atoms with Crippen LogP contribution in [-0.2, 0) is 10.0 Å². The first-order valence-corrected chi connectivity index (χ1v) is 12.1.